The van der Waals surface area contributed by atoms with Gasteiger partial charge in [-0.15, -0.1) is 0 Å². The number of carbonyl (C=O) groups is 2. The molecule has 1 atom stereocenters. The number of hydrogen-bond donors (Lipinski definition) is 4. The number of rotatable bonds is 6. The second-order valence-electron chi connectivity index (χ2n) is 4.04. The average molecular weight is 284 g/mol. The molecule has 8 nitrogen and oxygen atoms in total. The molecule has 20 heavy (non-hydrogen) atoms. The Morgan fingerprint density at radius 3 is 2.30 bits per heavy atom. The van der Waals surface area contributed by atoms with Crippen molar-refractivity contribution in [2.24, 2.45) is 0 Å². The Kier molecular flexibility index (Phi) is 5.60. The van der Waals surface area contributed by atoms with Gasteiger partial charge in [0.2, 0.25) is 0 Å². The van der Waals surface area contributed by atoms with E-state index in [-0.39, 0.29) is 25.5 Å². The number of aliphatic carboxylic acids is 2. The molecule has 110 valence electrons. The van der Waals surface area contributed by atoms with Gasteiger partial charge in [-0.3, -0.25) is 9.69 Å². The molecule has 0 spiro atoms. The fraction of sp³-hybridized carbons (Fsp3) is 0.333. The lowest BCUT2D eigenvalue weighted by atomic mass is 10.1. The molecule has 0 saturated heterocycles. The van der Waals surface area contributed by atoms with Crippen molar-refractivity contribution in [3.63, 3.8) is 0 Å². The number of aliphatic hydroxyl groups excluding tert-OH is 2. The van der Waals surface area contributed by atoms with Crippen LogP contribution in [0.15, 0.2) is 36.4 Å². The zero-order valence-corrected chi connectivity index (χ0v) is 10.6. The Bertz CT molecular complexity index is 457. The van der Waals surface area contributed by atoms with Crippen LogP contribution in [0.3, 0.4) is 0 Å². The van der Waals surface area contributed by atoms with Crippen molar-refractivity contribution in [3.8, 4) is 0 Å². The van der Waals surface area contributed by atoms with Gasteiger partial charge in [-0.1, -0.05) is 0 Å². The van der Waals surface area contributed by atoms with E-state index in [0.717, 1.165) is 18.6 Å². The number of nitrogens with zero attached hydrogens (tertiary/aromatic N) is 2. The van der Waals surface area contributed by atoms with Gasteiger partial charge in [-0.05, 0) is 18.2 Å². The Balaban J connectivity index is 3.05. The molecule has 1 rings (SSSR count). The summed E-state index contributed by atoms with van der Waals surface area (Å²) in [7, 11) is 0. The molecule has 8 heteroatoms. The molecule has 0 radical (unpaired) electrons. The minimum absolute atomic E-state index is 0.0454. The molecule has 4 N–H and O–H groups in total. The van der Waals surface area contributed by atoms with Crippen LogP contribution in [0.4, 0.5) is 0 Å². The summed E-state index contributed by atoms with van der Waals surface area (Å²) in [5.41, 5.74) is -0.139. The smallest absolute Gasteiger partial charge is 0.351 e. The Labute approximate surface area is 115 Å². The lowest BCUT2D eigenvalue weighted by Gasteiger charge is -2.37. The van der Waals surface area contributed by atoms with E-state index in [1.54, 1.807) is 0 Å². The molecule has 0 amide bonds. The van der Waals surface area contributed by atoms with Gasteiger partial charge < -0.3 is 25.3 Å². The van der Waals surface area contributed by atoms with Crippen molar-refractivity contribution < 1.29 is 30.0 Å². The minimum Gasteiger partial charge on any atom is -0.516 e. The zero-order valence-electron chi connectivity index (χ0n) is 10.6. The molecule has 0 bridgehead atoms. The summed E-state index contributed by atoms with van der Waals surface area (Å²) in [5, 5.41) is 35.5. The van der Waals surface area contributed by atoms with Crippen molar-refractivity contribution in [1.29, 1.82) is 0 Å². The molecule has 0 saturated carbocycles. The monoisotopic (exact) mass is 284 g/mol. The summed E-state index contributed by atoms with van der Waals surface area (Å²) in [6.45, 7) is 0.320. The van der Waals surface area contributed by atoms with Gasteiger partial charge in [0.1, 0.15) is 11.7 Å². The van der Waals surface area contributed by atoms with E-state index >= 15 is 0 Å². The molecule has 1 aliphatic heterocycles. The quantitative estimate of drug-likeness (QED) is 0.508. The van der Waals surface area contributed by atoms with Crippen LogP contribution >= 0.6 is 0 Å². The maximum atomic E-state index is 11.2. The van der Waals surface area contributed by atoms with Crippen molar-refractivity contribution in [1.82, 2.24) is 9.80 Å². The van der Waals surface area contributed by atoms with Gasteiger partial charge in [0.15, 0.2) is 0 Å². The molecular formula is C12H16N2O6. The lowest BCUT2D eigenvalue weighted by Crippen LogP contribution is -2.51. The summed E-state index contributed by atoms with van der Waals surface area (Å²) < 4.78 is 0. The third-order valence-corrected chi connectivity index (χ3v) is 2.75. The summed E-state index contributed by atoms with van der Waals surface area (Å²) in [6, 6.07) is -1.09. The van der Waals surface area contributed by atoms with Crippen molar-refractivity contribution in [3.05, 3.63) is 36.4 Å². The van der Waals surface area contributed by atoms with Crippen molar-refractivity contribution in [2.45, 2.75) is 6.04 Å². The Hall–Kier alpha value is -2.48. The summed E-state index contributed by atoms with van der Waals surface area (Å²) in [5.74, 6) is -2.41. The standard InChI is InChI=1S/C12H16N2O6/c15-5-1-3-13-8-14(4-2-6-16)10(12(19)20)7-9(13)11(17)18/h1-2,5-7,9,15-16H,3-4,8H2,(H,17,18)(H,19,20). The average Bonchev–Trinajstić information content (AvgIpc) is 2.41. The molecular weight excluding hydrogens is 268 g/mol. The zero-order chi connectivity index (χ0) is 15.1. The van der Waals surface area contributed by atoms with Crippen molar-refractivity contribution >= 4 is 11.9 Å². The van der Waals surface area contributed by atoms with Crippen LogP contribution in [0, 0.1) is 0 Å². The van der Waals surface area contributed by atoms with Crippen LogP contribution < -0.4 is 0 Å². The second-order valence-corrected chi connectivity index (χ2v) is 4.04. The van der Waals surface area contributed by atoms with E-state index in [4.69, 9.17) is 20.4 Å². The van der Waals surface area contributed by atoms with Crippen molar-refractivity contribution in [2.75, 3.05) is 19.8 Å². The largest absolute Gasteiger partial charge is 0.516 e. The maximum Gasteiger partial charge on any atom is 0.351 e. The molecule has 1 aliphatic rings. The van der Waals surface area contributed by atoms with Gasteiger partial charge in [-0.2, -0.15) is 0 Å². The fourth-order valence-electron chi connectivity index (χ4n) is 1.86. The first-order chi connectivity index (χ1) is 9.51. The highest BCUT2D eigenvalue weighted by atomic mass is 16.4. The van der Waals surface area contributed by atoms with Crippen LogP contribution in [0.25, 0.3) is 0 Å². The highest BCUT2D eigenvalue weighted by Crippen LogP contribution is 2.18. The first-order valence-corrected chi connectivity index (χ1v) is 5.76. The number of hydrogen-bond acceptors (Lipinski definition) is 6. The Morgan fingerprint density at radius 2 is 1.80 bits per heavy atom. The first kappa shape index (κ1) is 15.6. The van der Waals surface area contributed by atoms with Crippen LogP contribution in [-0.4, -0.2) is 68.0 Å². The van der Waals surface area contributed by atoms with E-state index in [1.807, 2.05) is 0 Å². The van der Waals surface area contributed by atoms with Gasteiger partial charge in [0.25, 0.3) is 0 Å². The molecule has 0 aromatic heterocycles. The van der Waals surface area contributed by atoms with Crippen LogP contribution in [0.2, 0.25) is 0 Å². The molecule has 0 fully saturated rings. The van der Waals surface area contributed by atoms with E-state index in [0.29, 0.717) is 0 Å². The second kappa shape index (κ2) is 7.19. The number of carboxylic acid groups (broad SMARTS) is 2. The SMILES string of the molecule is O=C(O)C1=CC(C(=O)O)N(CC=CO)CN1CC=CO. The molecule has 1 unspecified atom stereocenters. The predicted molar refractivity (Wildman–Crippen MR) is 69.0 cm³/mol. The Morgan fingerprint density at radius 1 is 1.20 bits per heavy atom. The summed E-state index contributed by atoms with van der Waals surface area (Å²) >= 11 is 0. The number of carboxylic acids is 2. The topological polar surface area (TPSA) is 122 Å². The van der Waals surface area contributed by atoms with Gasteiger partial charge in [0, 0.05) is 13.1 Å². The molecule has 1 heterocycles. The third-order valence-electron chi connectivity index (χ3n) is 2.75. The van der Waals surface area contributed by atoms with Crippen LogP contribution in [0.1, 0.15) is 0 Å². The highest BCUT2D eigenvalue weighted by Gasteiger charge is 2.33. The molecule has 0 aliphatic carbocycles. The van der Waals surface area contributed by atoms with E-state index in [1.165, 1.54) is 22.0 Å². The molecule has 0 aromatic carbocycles. The lowest BCUT2D eigenvalue weighted by molar-refractivity contribution is -0.143. The summed E-state index contributed by atoms with van der Waals surface area (Å²) in [6.07, 6.45) is 5.42. The summed E-state index contributed by atoms with van der Waals surface area (Å²) in [4.78, 5) is 25.2. The highest BCUT2D eigenvalue weighted by molar-refractivity contribution is 5.88. The van der Waals surface area contributed by atoms with Gasteiger partial charge in [-0.25, -0.2) is 4.79 Å². The van der Waals surface area contributed by atoms with Gasteiger partial charge in [0.05, 0.1) is 19.2 Å². The van der Waals surface area contributed by atoms with Crippen LogP contribution in [0.5, 0.6) is 0 Å². The number of aliphatic hydroxyl groups is 2. The van der Waals surface area contributed by atoms with Gasteiger partial charge >= 0.3 is 11.9 Å². The fourth-order valence-corrected chi connectivity index (χ4v) is 1.86. The van der Waals surface area contributed by atoms with Crippen LogP contribution in [-0.2, 0) is 9.59 Å². The van der Waals surface area contributed by atoms with E-state index < -0.39 is 18.0 Å². The normalized spacial score (nSPS) is 20.5. The van der Waals surface area contributed by atoms with E-state index in [9.17, 15) is 9.59 Å². The molecule has 0 aromatic rings. The van der Waals surface area contributed by atoms with E-state index in [2.05, 4.69) is 0 Å². The maximum absolute atomic E-state index is 11.2. The minimum atomic E-state index is -1.24. The third kappa shape index (κ3) is 3.75. The predicted octanol–water partition coefficient (Wildman–Crippen LogP) is 0.127. The first-order valence-electron chi connectivity index (χ1n) is 5.76.